The molecule has 0 fully saturated rings. The lowest BCUT2D eigenvalue weighted by Crippen LogP contribution is -2.52. The SMILES string of the molecule is CC[C@H](C)NC(=O)[C@@H](Cc1ccccc1)N(Cc1ccccc1F)C(=O)CCc1ccc(OC)c(OC)c1. The van der Waals surface area contributed by atoms with E-state index in [1.54, 1.807) is 38.5 Å². The molecule has 2 atom stereocenters. The van der Waals surface area contributed by atoms with Crippen molar-refractivity contribution in [1.82, 2.24) is 10.2 Å². The lowest BCUT2D eigenvalue weighted by molar-refractivity contribution is -0.141. The van der Waals surface area contributed by atoms with Crippen LogP contribution in [0.15, 0.2) is 72.8 Å². The van der Waals surface area contributed by atoms with Gasteiger partial charge in [-0.3, -0.25) is 9.59 Å². The topological polar surface area (TPSA) is 67.9 Å². The monoisotopic (exact) mass is 520 g/mol. The number of ether oxygens (including phenoxy) is 2. The number of carbonyl (C=O) groups is 2. The summed E-state index contributed by atoms with van der Waals surface area (Å²) < 4.78 is 25.4. The molecule has 3 rings (SSSR count). The van der Waals surface area contributed by atoms with Gasteiger partial charge in [0.2, 0.25) is 11.8 Å². The fourth-order valence-corrected chi connectivity index (χ4v) is 4.24. The molecule has 6 nitrogen and oxygen atoms in total. The summed E-state index contributed by atoms with van der Waals surface area (Å²) in [5.41, 5.74) is 2.18. The van der Waals surface area contributed by atoms with Gasteiger partial charge in [-0.25, -0.2) is 4.39 Å². The standard InChI is InChI=1S/C31H37FN2O4/c1-5-22(2)33-31(36)27(19-23-11-7-6-8-12-23)34(21-25-13-9-10-14-26(25)32)30(35)18-16-24-15-17-28(37-3)29(20-24)38-4/h6-15,17,20,22,27H,5,16,18-19,21H2,1-4H3,(H,33,36)/t22-,27+/m0/s1. The van der Waals surface area contributed by atoms with Gasteiger partial charge in [-0.15, -0.1) is 0 Å². The molecular formula is C31H37FN2O4. The maximum Gasteiger partial charge on any atom is 0.243 e. The summed E-state index contributed by atoms with van der Waals surface area (Å²) in [6, 6.07) is 20.6. The highest BCUT2D eigenvalue weighted by molar-refractivity contribution is 5.88. The summed E-state index contributed by atoms with van der Waals surface area (Å²) in [4.78, 5) is 28.8. The second-order valence-electron chi connectivity index (χ2n) is 9.33. The average Bonchev–Trinajstić information content (AvgIpc) is 2.94. The summed E-state index contributed by atoms with van der Waals surface area (Å²) in [6.45, 7) is 3.91. The Bertz CT molecular complexity index is 1200. The van der Waals surface area contributed by atoms with Crippen molar-refractivity contribution in [3.63, 3.8) is 0 Å². The smallest absolute Gasteiger partial charge is 0.243 e. The van der Waals surface area contributed by atoms with E-state index >= 15 is 0 Å². The summed E-state index contributed by atoms with van der Waals surface area (Å²) in [5.74, 6) is 0.289. The van der Waals surface area contributed by atoms with Gasteiger partial charge in [0.25, 0.3) is 0 Å². The van der Waals surface area contributed by atoms with Crippen LogP contribution < -0.4 is 14.8 Å². The molecule has 0 radical (unpaired) electrons. The number of carbonyl (C=O) groups excluding carboxylic acids is 2. The number of nitrogens with one attached hydrogen (secondary N) is 1. The molecule has 0 saturated heterocycles. The Hall–Kier alpha value is -3.87. The van der Waals surface area contributed by atoms with Gasteiger partial charge in [0.15, 0.2) is 11.5 Å². The fourth-order valence-electron chi connectivity index (χ4n) is 4.24. The van der Waals surface area contributed by atoms with E-state index < -0.39 is 11.9 Å². The molecule has 0 aliphatic heterocycles. The van der Waals surface area contributed by atoms with Crippen LogP contribution in [-0.4, -0.2) is 43.0 Å². The van der Waals surface area contributed by atoms with Gasteiger partial charge in [0.1, 0.15) is 11.9 Å². The molecule has 3 aromatic carbocycles. The van der Waals surface area contributed by atoms with Crippen molar-refractivity contribution in [2.75, 3.05) is 14.2 Å². The summed E-state index contributed by atoms with van der Waals surface area (Å²) in [6.07, 6.45) is 1.65. The van der Waals surface area contributed by atoms with Crippen LogP contribution in [0.25, 0.3) is 0 Å². The van der Waals surface area contributed by atoms with E-state index in [1.807, 2.05) is 56.3 Å². The lowest BCUT2D eigenvalue weighted by Gasteiger charge is -2.32. The Morgan fingerprint density at radius 2 is 1.61 bits per heavy atom. The van der Waals surface area contributed by atoms with Crippen molar-refractivity contribution in [1.29, 1.82) is 0 Å². The highest BCUT2D eigenvalue weighted by Crippen LogP contribution is 2.28. The lowest BCUT2D eigenvalue weighted by atomic mass is 10.0. The number of halogens is 1. The van der Waals surface area contributed by atoms with Crippen LogP contribution in [0, 0.1) is 5.82 Å². The normalized spacial score (nSPS) is 12.3. The molecule has 2 amide bonds. The fraction of sp³-hybridized carbons (Fsp3) is 0.355. The van der Waals surface area contributed by atoms with Crippen molar-refractivity contribution in [2.45, 2.75) is 58.2 Å². The number of amides is 2. The zero-order valence-corrected chi connectivity index (χ0v) is 22.6. The Morgan fingerprint density at radius 1 is 0.921 bits per heavy atom. The number of rotatable bonds is 13. The van der Waals surface area contributed by atoms with Crippen molar-refractivity contribution in [2.24, 2.45) is 0 Å². The molecule has 0 saturated carbocycles. The van der Waals surface area contributed by atoms with Crippen LogP contribution in [0.2, 0.25) is 0 Å². The number of methoxy groups -OCH3 is 2. The van der Waals surface area contributed by atoms with Crippen LogP contribution in [-0.2, 0) is 29.0 Å². The second-order valence-corrected chi connectivity index (χ2v) is 9.33. The van der Waals surface area contributed by atoms with Crippen molar-refractivity contribution >= 4 is 11.8 Å². The average molecular weight is 521 g/mol. The van der Waals surface area contributed by atoms with Crippen molar-refractivity contribution in [3.8, 4) is 11.5 Å². The molecule has 0 bridgehead atoms. The number of nitrogens with zero attached hydrogens (tertiary/aromatic N) is 1. The zero-order chi connectivity index (χ0) is 27.5. The molecule has 1 N–H and O–H groups in total. The predicted molar refractivity (Wildman–Crippen MR) is 147 cm³/mol. The maximum absolute atomic E-state index is 14.7. The van der Waals surface area contributed by atoms with Gasteiger partial charge in [0.05, 0.1) is 14.2 Å². The molecule has 3 aromatic rings. The Morgan fingerprint density at radius 3 is 2.26 bits per heavy atom. The van der Waals surface area contributed by atoms with Crippen LogP contribution in [0.3, 0.4) is 0 Å². The molecule has 0 aromatic heterocycles. The maximum atomic E-state index is 14.7. The minimum absolute atomic E-state index is 0.0110. The number of aryl methyl sites for hydroxylation is 1. The van der Waals surface area contributed by atoms with Gasteiger partial charge in [-0.2, -0.15) is 0 Å². The molecule has 0 heterocycles. The predicted octanol–water partition coefficient (Wildman–Crippen LogP) is 5.33. The highest BCUT2D eigenvalue weighted by atomic mass is 19.1. The van der Waals surface area contributed by atoms with Gasteiger partial charge >= 0.3 is 0 Å². The zero-order valence-electron chi connectivity index (χ0n) is 22.6. The molecular weight excluding hydrogens is 483 g/mol. The van der Waals surface area contributed by atoms with Crippen LogP contribution in [0.4, 0.5) is 4.39 Å². The molecule has 0 unspecified atom stereocenters. The first-order chi connectivity index (χ1) is 18.4. The Labute approximate surface area is 224 Å². The van der Waals surface area contributed by atoms with Crippen LogP contribution >= 0.6 is 0 Å². The number of hydrogen-bond acceptors (Lipinski definition) is 4. The second kappa shape index (κ2) is 14.2. The van der Waals surface area contributed by atoms with Crippen LogP contribution in [0.5, 0.6) is 11.5 Å². The highest BCUT2D eigenvalue weighted by Gasteiger charge is 2.31. The third-order valence-corrected chi connectivity index (χ3v) is 6.65. The quantitative estimate of drug-likeness (QED) is 0.331. The van der Waals surface area contributed by atoms with E-state index in [0.29, 0.717) is 29.9 Å². The van der Waals surface area contributed by atoms with Gasteiger partial charge in [0, 0.05) is 31.0 Å². The number of benzene rings is 3. The molecule has 7 heteroatoms. The summed E-state index contributed by atoms with van der Waals surface area (Å²) in [5, 5.41) is 3.03. The minimum atomic E-state index is -0.802. The Kier molecular flexibility index (Phi) is 10.7. The van der Waals surface area contributed by atoms with E-state index in [9.17, 15) is 14.0 Å². The molecule has 202 valence electrons. The molecule has 0 spiro atoms. The van der Waals surface area contributed by atoms with Gasteiger partial charge in [-0.05, 0) is 49.1 Å². The summed E-state index contributed by atoms with van der Waals surface area (Å²) in [7, 11) is 3.13. The Balaban J connectivity index is 1.92. The third kappa shape index (κ3) is 7.81. The van der Waals surface area contributed by atoms with E-state index in [-0.39, 0.29) is 30.8 Å². The van der Waals surface area contributed by atoms with E-state index in [4.69, 9.17) is 9.47 Å². The van der Waals surface area contributed by atoms with Gasteiger partial charge in [-0.1, -0.05) is 61.5 Å². The molecule has 0 aliphatic carbocycles. The largest absolute Gasteiger partial charge is 0.493 e. The molecule has 38 heavy (non-hydrogen) atoms. The van der Waals surface area contributed by atoms with Crippen molar-refractivity contribution in [3.05, 3.63) is 95.3 Å². The number of hydrogen-bond donors (Lipinski definition) is 1. The third-order valence-electron chi connectivity index (χ3n) is 6.65. The first kappa shape index (κ1) is 28.7. The van der Waals surface area contributed by atoms with Gasteiger partial charge < -0.3 is 19.7 Å². The van der Waals surface area contributed by atoms with E-state index in [1.165, 1.54) is 11.0 Å². The minimum Gasteiger partial charge on any atom is -0.493 e. The van der Waals surface area contributed by atoms with E-state index in [0.717, 1.165) is 17.5 Å². The van der Waals surface area contributed by atoms with Crippen molar-refractivity contribution < 1.29 is 23.5 Å². The summed E-state index contributed by atoms with van der Waals surface area (Å²) >= 11 is 0. The van der Waals surface area contributed by atoms with Crippen LogP contribution in [0.1, 0.15) is 43.4 Å². The first-order valence-electron chi connectivity index (χ1n) is 12.9. The first-order valence-corrected chi connectivity index (χ1v) is 12.9. The molecule has 0 aliphatic rings. The van der Waals surface area contributed by atoms with E-state index in [2.05, 4.69) is 5.32 Å².